The molecule has 0 spiro atoms. The fraction of sp³-hybridized carbons (Fsp3) is 0.667. The van der Waals surface area contributed by atoms with Gasteiger partial charge in [0.1, 0.15) is 0 Å². The first-order chi connectivity index (χ1) is 6.86. The maximum atomic E-state index is 6.36. The Morgan fingerprint density at radius 3 is 2.43 bits per heavy atom. The molecule has 76 valence electrons. The molecule has 3 saturated carbocycles. The standard InChI is InChI=1S/C12H17NS/c13-12-9-3-1-8(2-4-9)11(12)10-5-6-14-7-10/h5-9,11-12H,1-4,13H2. The van der Waals surface area contributed by atoms with Crippen LogP contribution in [-0.2, 0) is 0 Å². The van der Waals surface area contributed by atoms with Gasteiger partial charge in [-0.2, -0.15) is 11.3 Å². The van der Waals surface area contributed by atoms with Gasteiger partial charge >= 0.3 is 0 Å². The van der Waals surface area contributed by atoms with Crippen LogP contribution in [0.4, 0.5) is 0 Å². The van der Waals surface area contributed by atoms with Crippen molar-refractivity contribution < 1.29 is 0 Å². The van der Waals surface area contributed by atoms with Crippen molar-refractivity contribution >= 4 is 11.3 Å². The van der Waals surface area contributed by atoms with Crippen LogP contribution in [0.15, 0.2) is 16.8 Å². The molecular weight excluding hydrogens is 190 g/mol. The lowest BCUT2D eigenvalue weighted by Gasteiger charge is -2.47. The zero-order valence-corrected chi connectivity index (χ0v) is 9.17. The van der Waals surface area contributed by atoms with E-state index < -0.39 is 0 Å². The summed E-state index contributed by atoms with van der Waals surface area (Å²) in [7, 11) is 0. The second-order valence-corrected chi connectivity index (χ2v) is 5.61. The molecule has 14 heavy (non-hydrogen) atoms. The van der Waals surface area contributed by atoms with Crippen LogP contribution in [0.25, 0.3) is 0 Å². The Hall–Kier alpha value is -0.340. The van der Waals surface area contributed by atoms with Gasteiger partial charge in [-0.3, -0.25) is 0 Å². The lowest BCUT2D eigenvalue weighted by atomic mass is 9.60. The van der Waals surface area contributed by atoms with Crippen molar-refractivity contribution in [2.75, 3.05) is 0 Å². The van der Waals surface area contributed by atoms with Gasteiger partial charge in [0, 0.05) is 12.0 Å². The SMILES string of the molecule is NC1C2CCC(CC2)C1c1ccsc1. The summed E-state index contributed by atoms with van der Waals surface area (Å²) in [6, 6.07) is 2.72. The van der Waals surface area contributed by atoms with E-state index in [1.807, 2.05) is 11.3 Å². The van der Waals surface area contributed by atoms with Gasteiger partial charge in [0.15, 0.2) is 0 Å². The van der Waals surface area contributed by atoms with Crippen LogP contribution in [0.2, 0.25) is 0 Å². The van der Waals surface area contributed by atoms with Crippen LogP contribution in [0.1, 0.15) is 37.2 Å². The van der Waals surface area contributed by atoms with Gasteiger partial charge in [0.05, 0.1) is 0 Å². The smallest absolute Gasteiger partial charge is 0.0139 e. The van der Waals surface area contributed by atoms with Crippen molar-refractivity contribution in [3.63, 3.8) is 0 Å². The molecule has 3 aliphatic rings. The summed E-state index contributed by atoms with van der Waals surface area (Å²) in [6.45, 7) is 0. The molecule has 3 aliphatic carbocycles. The quantitative estimate of drug-likeness (QED) is 0.752. The lowest BCUT2D eigenvalue weighted by Crippen LogP contribution is -2.47. The fourth-order valence-corrected chi connectivity index (χ4v) is 4.16. The predicted molar refractivity (Wildman–Crippen MR) is 60.5 cm³/mol. The molecule has 1 aromatic heterocycles. The van der Waals surface area contributed by atoms with E-state index in [0.29, 0.717) is 12.0 Å². The van der Waals surface area contributed by atoms with Crippen LogP contribution in [0.5, 0.6) is 0 Å². The molecule has 4 rings (SSSR count). The van der Waals surface area contributed by atoms with Crippen LogP contribution in [0, 0.1) is 11.8 Å². The fourth-order valence-electron chi connectivity index (χ4n) is 3.46. The van der Waals surface area contributed by atoms with Crippen LogP contribution in [-0.4, -0.2) is 6.04 Å². The highest BCUT2D eigenvalue weighted by Gasteiger charge is 2.42. The molecule has 2 unspecified atom stereocenters. The van der Waals surface area contributed by atoms with Crippen LogP contribution in [0.3, 0.4) is 0 Å². The number of hydrogen-bond acceptors (Lipinski definition) is 2. The lowest BCUT2D eigenvalue weighted by molar-refractivity contribution is 0.116. The number of hydrogen-bond donors (Lipinski definition) is 1. The van der Waals surface area contributed by atoms with E-state index in [2.05, 4.69) is 16.8 Å². The summed E-state index contributed by atoms with van der Waals surface area (Å²) in [5.74, 6) is 2.36. The largest absolute Gasteiger partial charge is 0.327 e. The molecule has 2 heteroatoms. The second kappa shape index (κ2) is 3.35. The number of rotatable bonds is 1. The van der Waals surface area contributed by atoms with Crippen molar-refractivity contribution in [1.29, 1.82) is 0 Å². The van der Waals surface area contributed by atoms with Crippen molar-refractivity contribution in [3.05, 3.63) is 22.4 Å². The Labute approximate surface area is 89.3 Å². The third-order valence-corrected chi connectivity index (χ3v) is 4.91. The predicted octanol–water partition coefficient (Wildman–Crippen LogP) is 2.98. The van der Waals surface area contributed by atoms with E-state index in [-0.39, 0.29) is 0 Å². The normalized spacial score (nSPS) is 41.5. The van der Waals surface area contributed by atoms with Gasteiger partial charge < -0.3 is 5.73 Å². The summed E-state index contributed by atoms with van der Waals surface area (Å²) in [5.41, 5.74) is 7.87. The van der Waals surface area contributed by atoms with Gasteiger partial charge in [0.25, 0.3) is 0 Å². The maximum Gasteiger partial charge on any atom is 0.0139 e. The third-order valence-electron chi connectivity index (χ3n) is 4.21. The average molecular weight is 207 g/mol. The Morgan fingerprint density at radius 1 is 1.14 bits per heavy atom. The average Bonchev–Trinajstić information content (AvgIpc) is 2.72. The first-order valence-electron chi connectivity index (χ1n) is 5.64. The topological polar surface area (TPSA) is 26.0 Å². The van der Waals surface area contributed by atoms with Gasteiger partial charge in [-0.1, -0.05) is 0 Å². The van der Waals surface area contributed by atoms with E-state index >= 15 is 0 Å². The van der Waals surface area contributed by atoms with Gasteiger partial charge in [-0.15, -0.1) is 0 Å². The summed E-state index contributed by atoms with van der Waals surface area (Å²) < 4.78 is 0. The molecule has 1 nitrogen and oxygen atoms in total. The molecule has 0 radical (unpaired) electrons. The maximum absolute atomic E-state index is 6.36. The molecular formula is C12H17NS. The first-order valence-corrected chi connectivity index (χ1v) is 6.58. The van der Waals surface area contributed by atoms with Gasteiger partial charge in [-0.05, 0) is 59.9 Å². The number of thiophene rings is 1. The summed E-state index contributed by atoms with van der Waals surface area (Å²) >= 11 is 1.81. The zero-order chi connectivity index (χ0) is 9.54. The molecule has 0 amide bonds. The number of nitrogens with two attached hydrogens (primary N) is 1. The number of fused-ring (bicyclic) bond motifs is 3. The molecule has 2 N–H and O–H groups in total. The molecule has 2 atom stereocenters. The Bertz CT molecular complexity index is 296. The van der Waals surface area contributed by atoms with Crippen molar-refractivity contribution in [2.24, 2.45) is 17.6 Å². The Balaban J connectivity index is 1.92. The van der Waals surface area contributed by atoms with E-state index in [1.165, 1.54) is 31.2 Å². The van der Waals surface area contributed by atoms with Crippen LogP contribution < -0.4 is 5.73 Å². The Kier molecular flexibility index (Phi) is 2.14. The van der Waals surface area contributed by atoms with Crippen molar-refractivity contribution in [1.82, 2.24) is 0 Å². The minimum Gasteiger partial charge on any atom is -0.327 e. The van der Waals surface area contributed by atoms with Gasteiger partial charge in [0.2, 0.25) is 0 Å². The molecule has 1 aromatic rings. The van der Waals surface area contributed by atoms with E-state index in [1.54, 1.807) is 0 Å². The van der Waals surface area contributed by atoms with E-state index in [9.17, 15) is 0 Å². The van der Waals surface area contributed by atoms with E-state index in [4.69, 9.17) is 5.73 Å². The zero-order valence-electron chi connectivity index (χ0n) is 8.36. The van der Waals surface area contributed by atoms with E-state index in [0.717, 1.165) is 11.8 Å². The molecule has 2 bridgehead atoms. The Morgan fingerprint density at radius 2 is 1.86 bits per heavy atom. The van der Waals surface area contributed by atoms with Crippen molar-refractivity contribution in [3.8, 4) is 0 Å². The van der Waals surface area contributed by atoms with Gasteiger partial charge in [-0.25, -0.2) is 0 Å². The van der Waals surface area contributed by atoms with Crippen LogP contribution >= 0.6 is 11.3 Å². The summed E-state index contributed by atoms with van der Waals surface area (Å²) in [6.07, 6.45) is 5.59. The first kappa shape index (κ1) is 8.93. The van der Waals surface area contributed by atoms with Crippen molar-refractivity contribution in [2.45, 2.75) is 37.6 Å². The molecule has 0 saturated heterocycles. The highest BCUT2D eigenvalue weighted by atomic mass is 32.1. The molecule has 0 aromatic carbocycles. The third kappa shape index (κ3) is 1.24. The molecule has 0 aliphatic heterocycles. The minimum atomic E-state index is 0.442. The second-order valence-electron chi connectivity index (χ2n) is 4.83. The molecule has 1 heterocycles. The highest BCUT2D eigenvalue weighted by Crippen LogP contribution is 2.49. The summed E-state index contributed by atoms with van der Waals surface area (Å²) in [5, 5.41) is 4.48. The monoisotopic (exact) mass is 207 g/mol. The molecule has 3 fully saturated rings. The highest BCUT2D eigenvalue weighted by molar-refractivity contribution is 7.07. The summed E-state index contributed by atoms with van der Waals surface area (Å²) in [4.78, 5) is 0. The minimum absolute atomic E-state index is 0.442.